The molecule has 0 amide bonds. The van der Waals surface area contributed by atoms with Crippen LogP contribution in [0.25, 0.3) is 10.8 Å². The molecular weight excluding hydrogens is 254 g/mol. The average molecular weight is 273 g/mol. The van der Waals surface area contributed by atoms with Crippen molar-refractivity contribution in [1.82, 2.24) is 5.32 Å². The van der Waals surface area contributed by atoms with E-state index in [0.717, 1.165) is 24.2 Å². The summed E-state index contributed by atoms with van der Waals surface area (Å²) >= 11 is 0. The summed E-state index contributed by atoms with van der Waals surface area (Å²) in [5, 5.41) is 5.99. The number of hydrogen-bond donors (Lipinski definition) is 1. The molecule has 3 unspecified atom stereocenters. The van der Waals surface area contributed by atoms with E-state index >= 15 is 0 Å². The van der Waals surface area contributed by atoms with Gasteiger partial charge in [0.1, 0.15) is 0 Å². The molecule has 0 radical (unpaired) electrons. The Morgan fingerprint density at radius 1 is 1.11 bits per heavy atom. The van der Waals surface area contributed by atoms with Crippen molar-refractivity contribution in [3.63, 3.8) is 0 Å². The number of rotatable bonds is 3. The Morgan fingerprint density at radius 2 is 1.89 bits per heavy atom. The fourth-order valence-electron chi connectivity index (χ4n) is 2.88. The number of hydrogen-bond acceptors (Lipinski definition) is 2. The Hall–Kier alpha value is -1.19. The first-order valence-corrected chi connectivity index (χ1v) is 8.06. The van der Waals surface area contributed by atoms with Gasteiger partial charge in [-0.05, 0) is 49.2 Å². The summed E-state index contributed by atoms with van der Waals surface area (Å²) in [6.07, 6.45) is 3.22. The summed E-state index contributed by atoms with van der Waals surface area (Å²) in [7, 11) is 1.11. The van der Waals surface area contributed by atoms with E-state index in [1.165, 1.54) is 10.8 Å². The van der Waals surface area contributed by atoms with E-state index in [2.05, 4.69) is 29.6 Å². The van der Waals surface area contributed by atoms with Gasteiger partial charge in [-0.1, -0.05) is 30.3 Å². The fourth-order valence-corrected chi connectivity index (χ4v) is 4.47. The predicted molar refractivity (Wildman–Crippen MR) is 80.8 cm³/mol. The van der Waals surface area contributed by atoms with Crippen LogP contribution in [-0.4, -0.2) is 22.5 Å². The maximum atomic E-state index is 12.6. The van der Waals surface area contributed by atoms with Gasteiger partial charge in [-0.25, -0.2) is 0 Å². The van der Waals surface area contributed by atoms with Crippen molar-refractivity contribution in [3.05, 3.63) is 42.5 Å². The minimum Gasteiger partial charge on any atom is -0.317 e. The summed E-state index contributed by atoms with van der Waals surface area (Å²) in [4.78, 5) is 0.973. The second-order valence-electron chi connectivity index (χ2n) is 5.23. The molecule has 2 nitrogen and oxygen atoms in total. The minimum absolute atomic E-state index is 0.304. The van der Waals surface area contributed by atoms with E-state index in [9.17, 15) is 4.21 Å². The van der Waals surface area contributed by atoms with E-state index in [-0.39, 0.29) is 0 Å². The molecule has 3 atom stereocenters. The lowest BCUT2D eigenvalue weighted by molar-refractivity contribution is 0.581. The van der Waals surface area contributed by atoms with Crippen LogP contribution in [0.15, 0.2) is 47.4 Å². The highest BCUT2D eigenvalue weighted by Gasteiger charge is 2.28. The Morgan fingerprint density at radius 3 is 2.63 bits per heavy atom. The maximum Gasteiger partial charge on any atom is 0.0561 e. The highest BCUT2D eigenvalue weighted by molar-refractivity contribution is 7.85. The Kier molecular flexibility index (Phi) is 3.67. The maximum absolute atomic E-state index is 12.6. The molecule has 1 saturated carbocycles. The molecule has 0 aromatic heterocycles. The standard InChI is InChI=1S/C16H19NOS/c1-17-14-7-9-16(11-14)19(18)15-8-6-12-4-2-3-5-13(12)10-15/h2-6,8,10,14,16-17H,7,9,11H2,1H3. The summed E-state index contributed by atoms with van der Waals surface area (Å²) < 4.78 is 12.6. The summed E-state index contributed by atoms with van der Waals surface area (Å²) in [6.45, 7) is 0. The summed E-state index contributed by atoms with van der Waals surface area (Å²) in [5.74, 6) is 0. The smallest absolute Gasteiger partial charge is 0.0561 e. The van der Waals surface area contributed by atoms with Gasteiger partial charge < -0.3 is 5.32 Å². The largest absolute Gasteiger partial charge is 0.317 e. The third kappa shape index (κ3) is 2.58. The number of fused-ring (bicyclic) bond motifs is 1. The SMILES string of the molecule is CNC1CCC(S(=O)c2ccc3ccccc3c2)C1. The molecule has 2 aromatic carbocycles. The van der Waals surface area contributed by atoms with Crippen LogP contribution in [0.2, 0.25) is 0 Å². The second-order valence-corrected chi connectivity index (χ2v) is 6.96. The first kappa shape index (κ1) is 12.8. The van der Waals surface area contributed by atoms with E-state index < -0.39 is 10.8 Å². The highest BCUT2D eigenvalue weighted by Crippen LogP contribution is 2.28. The topological polar surface area (TPSA) is 29.1 Å². The second kappa shape index (κ2) is 5.43. The highest BCUT2D eigenvalue weighted by atomic mass is 32.2. The van der Waals surface area contributed by atoms with Gasteiger partial charge in [-0.2, -0.15) is 0 Å². The van der Waals surface area contributed by atoms with Gasteiger partial charge in [0.2, 0.25) is 0 Å². The molecular formula is C16H19NOS. The average Bonchev–Trinajstić information content (AvgIpc) is 2.95. The van der Waals surface area contributed by atoms with E-state index in [4.69, 9.17) is 0 Å². The predicted octanol–water partition coefficient (Wildman–Crippen LogP) is 3.09. The van der Waals surface area contributed by atoms with Crippen molar-refractivity contribution < 1.29 is 4.21 Å². The Labute approximate surface area is 116 Å². The molecule has 0 spiro atoms. The fraction of sp³-hybridized carbons (Fsp3) is 0.375. The normalized spacial score (nSPS) is 24.7. The van der Waals surface area contributed by atoms with Crippen LogP contribution in [0.4, 0.5) is 0 Å². The molecule has 1 N–H and O–H groups in total. The molecule has 1 fully saturated rings. The zero-order chi connectivity index (χ0) is 13.2. The zero-order valence-corrected chi connectivity index (χ0v) is 12.0. The lowest BCUT2D eigenvalue weighted by Gasteiger charge is -2.11. The van der Waals surface area contributed by atoms with Crippen LogP contribution in [0.1, 0.15) is 19.3 Å². The molecule has 3 heteroatoms. The van der Waals surface area contributed by atoms with Gasteiger partial charge >= 0.3 is 0 Å². The van der Waals surface area contributed by atoms with Crippen molar-refractivity contribution >= 4 is 21.6 Å². The monoisotopic (exact) mass is 273 g/mol. The summed E-state index contributed by atoms with van der Waals surface area (Å²) in [5.41, 5.74) is 0. The van der Waals surface area contributed by atoms with Crippen LogP contribution < -0.4 is 5.32 Å². The van der Waals surface area contributed by atoms with E-state index in [1.807, 2.05) is 25.2 Å². The van der Waals surface area contributed by atoms with Crippen LogP contribution >= 0.6 is 0 Å². The minimum atomic E-state index is -0.877. The van der Waals surface area contributed by atoms with E-state index in [0.29, 0.717) is 11.3 Å². The Bertz CT molecular complexity index is 610. The summed E-state index contributed by atoms with van der Waals surface area (Å²) in [6, 6.07) is 15.0. The van der Waals surface area contributed by atoms with Crippen molar-refractivity contribution in [2.24, 2.45) is 0 Å². The van der Waals surface area contributed by atoms with Crippen LogP contribution in [-0.2, 0) is 10.8 Å². The van der Waals surface area contributed by atoms with Gasteiger partial charge in [-0.15, -0.1) is 0 Å². The van der Waals surface area contributed by atoms with Gasteiger partial charge in [0.15, 0.2) is 0 Å². The quantitative estimate of drug-likeness (QED) is 0.931. The van der Waals surface area contributed by atoms with E-state index in [1.54, 1.807) is 0 Å². The zero-order valence-electron chi connectivity index (χ0n) is 11.1. The molecule has 100 valence electrons. The first-order chi connectivity index (χ1) is 9.28. The third-order valence-electron chi connectivity index (χ3n) is 4.05. The first-order valence-electron chi connectivity index (χ1n) is 6.84. The molecule has 0 bridgehead atoms. The van der Waals surface area contributed by atoms with Crippen molar-refractivity contribution in [2.75, 3.05) is 7.05 Å². The molecule has 2 aromatic rings. The van der Waals surface area contributed by atoms with Gasteiger partial charge in [0.25, 0.3) is 0 Å². The number of nitrogens with one attached hydrogen (secondary N) is 1. The van der Waals surface area contributed by atoms with Crippen LogP contribution in [0.3, 0.4) is 0 Å². The van der Waals surface area contributed by atoms with Crippen molar-refractivity contribution in [2.45, 2.75) is 35.4 Å². The lowest BCUT2D eigenvalue weighted by Crippen LogP contribution is -2.23. The molecule has 1 aliphatic rings. The van der Waals surface area contributed by atoms with Crippen LogP contribution in [0.5, 0.6) is 0 Å². The molecule has 0 heterocycles. The molecule has 3 rings (SSSR count). The van der Waals surface area contributed by atoms with Gasteiger partial charge in [0.05, 0.1) is 10.8 Å². The third-order valence-corrected chi connectivity index (χ3v) is 5.80. The van der Waals surface area contributed by atoms with Crippen LogP contribution in [0, 0.1) is 0 Å². The molecule has 1 aliphatic carbocycles. The van der Waals surface area contributed by atoms with Gasteiger partial charge in [0, 0.05) is 16.2 Å². The molecule has 0 saturated heterocycles. The van der Waals surface area contributed by atoms with Crippen molar-refractivity contribution in [3.8, 4) is 0 Å². The number of benzene rings is 2. The lowest BCUT2D eigenvalue weighted by atomic mass is 10.1. The Balaban J connectivity index is 1.85. The molecule has 19 heavy (non-hydrogen) atoms. The van der Waals surface area contributed by atoms with Crippen molar-refractivity contribution in [1.29, 1.82) is 0 Å². The molecule has 0 aliphatic heterocycles. The van der Waals surface area contributed by atoms with Gasteiger partial charge in [-0.3, -0.25) is 4.21 Å².